The standard InChI is InChI=1S/C23H19N3O3/c1-29-18-13-11-16(12-14-18)22-19-9-5-6-10-20(19)23(28)26(25-22)15-21(27)24-17-7-3-2-4-8-17/h2-14H,15H2,1H3,(H,24,27). The highest BCUT2D eigenvalue weighted by atomic mass is 16.5. The Balaban J connectivity index is 1.75. The molecule has 1 amide bonds. The first-order valence-electron chi connectivity index (χ1n) is 9.15. The number of para-hydroxylation sites is 1. The average molecular weight is 385 g/mol. The van der Waals surface area contributed by atoms with Gasteiger partial charge in [0, 0.05) is 16.6 Å². The second-order valence-electron chi connectivity index (χ2n) is 6.50. The van der Waals surface area contributed by atoms with Crippen molar-refractivity contribution in [3.05, 3.63) is 89.2 Å². The lowest BCUT2D eigenvalue weighted by atomic mass is 10.0. The Bertz CT molecular complexity index is 1220. The number of carbonyl (C=O) groups is 1. The maximum atomic E-state index is 12.9. The third kappa shape index (κ3) is 3.87. The Morgan fingerprint density at radius 3 is 2.28 bits per heavy atom. The number of hydrogen-bond donors (Lipinski definition) is 1. The number of benzene rings is 3. The van der Waals surface area contributed by atoms with Crippen LogP contribution in [-0.4, -0.2) is 22.8 Å². The van der Waals surface area contributed by atoms with Crippen molar-refractivity contribution in [3.63, 3.8) is 0 Å². The second-order valence-corrected chi connectivity index (χ2v) is 6.50. The van der Waals surface area contributed by atoms with Crippen molar-refractivity contribution in [2.45, 2.75) is 6.54 Å². The molecule has 0 radical (unpaired) electrons. The Morgan fingerprint density at radius 2 is 1.59 bits per heavy atom. The summed E-state index contributed by atoms with van der Waals surface area (Å²) in [6, 6.07) is 23.8. The van der Waals surface area contributed by atoms with Crippen LogP contribution in [0.1, 0.15) is 0 Å². The normalized spacial score (nSPS) is 10.7. The molecule has 0 unspecified atom stereocenters. The van der Waals surface area contributed by atoms with Gasteiger partial charge in [-0.25, -0.2) is 4.68 Å². The van der Waals surface area contributed by atoms with E-state index in [0.717, 1.165) is 16.7 Å². The topological polar surface area (TPSA) is 73.2 Å². The first-order valence-corrected chi connectivity index (χ1v) is 9.15. The van der Waals surface area contributed by atoms with Crippen molar-refractivity contribution in [1.29, 1.82) is 0 Å². The zero-order valence-corrected chi connectivity index (χ0v) is 15.8. The van der Waals surface area contributed by atoms with Crippen molar-refractivity contribution in [3.8, 4) is 17.0 Å². The zero-order chi connectivity index (χ0) is 20.2. The molecule has 29 heavy (non-hydrogen) atoms. The van der Waals surface area contributed by atoms with E-state index in [4.69, 9.17) is 4.74 Å². The summed E-state index contributed by atoms with van der Waals surface area (Å²) in [4.78, 5) is 25.4. The summed E-state index contributed by atoms with van der Waals surface area (Å²) in [5.74, 6) is 0.412. The van der Waals surface area contributed by atoms with Gasteiger partial charge in [-0.1, -0.05) is 36.4 Å². The van der Waals surface area contributed by atoms with Gasteiger partial charge in [-0.15, -0.1) is 0 Å². The van der Waals surface area contributed by atoms with Crippen molar-refractivity contribution in [2.75, 3.05) is 12.4 Å². The molecule has 0 saturated heterocycles. The number of amides is 1. The molecule has 0 aliphatic rings. The van der Waals surface area contributed by atoms with Crippen molar-refractivity contribution >= 4 is 22.4 Å². The molecule has 0 spiro atoms. The SMILES string of the molecule is COc1ccc(-c2nn(CC(=O)Nc3ccccc3)c(=O)c3ccccc23)cc1. The summed E-state index contributed by atoms with van der Waals surface area (Å²) < 4.78 is 6.42. The van der Waals surface area contributed by atoms with Crippen LogP contribution in [-0.2, 0) is 11.3 Å². The average Bonchev–Trinajstić information content (AvgIpc) is 2.76. The molecular formula is C23H19N3O3. The lowest BCUT2D eigenvalue weighted by Gasteiger charge is -2.12. The lowest BCUT2D eigenvalue weighted by molar-refractivity contribution is -0.117. The van der Waals surface area contributed by atoms with Gasteiger partial charge >= 0.3 is 0 Å². The molecule has 1 N–H and O–H groups in total. The number of fused-ring (bicyclic) bond motifs is 1. The van der Waals surface area contributed by atoms with E-state index in [-0.39, 0.29) is 18.0 Å². The lowest BCUT2D eigenvalue weighted by Crippen LogP contribution is -2.30. The number of methoxy groups -OCH3 is 1. The smallest absolute Gasteiger partial charge is 0.275 e. The van der Waals surface area contributed by atoms with Crippen LogP contribution in [0.4, 0.5) is 5.69 Å². The van der Waals surface area contributed by atoms with Crippen LogP contribution >= 0.6 is 0 Å². The van der Waals surface area contributed by atoms with Crippen LogP contribution in [0.3, 0.4) is 0 Å². The number of hydrogen-bond acceptors (Lipinski definition) is 4. The molecule has 0 bridgehead atoms. The molecule has 0 aliphatic carbocycles. The van der Waals surface area contributed by atoms with Crippen molar-refractivity contribution < 1.29 is 9.53 Å². The van der Waals surface area contributed by atoms with E-state index in [1.165, 1.54) is 4.68 Å². The molecule has 0 atom stereocenters. The number of carbonyl (C=O) groups excluding carboxylic acids is 1. The first kappa shape index (κ1) is 18.4. The number of nitrogens with zero attached hydrogens (tertiary/aromatic N) is 2. The number of rotatable bonds is 5. The largest absolute Gasteiger partial charge is 0.497 e. The highest BCUT2D eigenvalue weighted by Crippen LogP contribution is 2.26. The molecular weight excluding hydrogens is 366 g/mol. The molecule has 3 aromatic carbocycles. The molecule has 6 heteroatoms. The summed E-state index contributed by atoms with van der Waals surface area (Å²) in [7, 11) is 1.61. The molecule has 144 valence electrons. The van der Waals surface area contributed by atoms with Crippen LogP contribution in [0.25, 0.3) is 22.0 Å². The summed E-state index contributed by atoms with van der Waals surface area (Å²) in [6.45, 7) is -0.179. The van der Waals surface area contributed by atoms with Gasteiger partial charge in [-0.05, 0) is 42.5 Å². The highest BCUT2D eigenvalue weighted by molar-refractivity contribution is 5.94. The van der Waals surface area contributed by atoms with Crippen LogP contribution in [0.15, 0.2) is 83.7 Å². The summed E-state index contributed by atoms with van der Waals surface area (Å²) >= 11 is 0. The first-order chi connectivity index (χ1) is 14.2. The monoisotopic (exact) mass is 385 g/mol. The van der Waals surface area contributed by atoms with E-state index in [1.54, 1.807) is 31.4 Å². The summed E-state index contributed by atoms with van der Waals surface area (Å²) in [5.41, 5.74) is 1.83. The minimum Gasteiger partial charge on any atom is -0.497 e. The van der Waals surface area contributed by atoms with Crippen LogP contribution in [0, 0.1) is 0 Å². The fourth-order valence-corrected chi connectivity index (χ4v) is 3.16. The number of ether oxygens (including phenoxy) is 1. The molecule has 1 heterocycles. The fourth-order valence-electron chi connectivity index (χ4n) is 3.16. The molecule has 0 fully saturated rings. The van der Waals surface area contributed by atoms with Gasteiger partial charge in [0.25, 0.3) is 5.56 Å². The minimum atomic E-state index is -0.318. The van der Waals surface area contributed by atoms with E-state index in [2.05, 4.69) is 10.4 Å². The highest BCUT2D eigenvalue weighted by Gasteiger charge is 2.14. The van der Waals surface area contributed by atoms with Crippen LogP contribution in [0.5, 0.6) is 5.75 Å². The second kappa shape index (κ2) is 7.98. The predicted octanol–water partition coefficient (Wildman–Crippen LogP) is 3.71. The molecule has 0 saturated carbocycles. The number of nitrogens with one attached hydrogen (secondary N) is 1. The fraction of sp³-hybridized carbons (Fsp3) is 0.0870. The molecule has 6 nitrogen and oxygen atoms in total. The third-order valence-electron chi connectivity index (χ3n) is 4.58. The van der Waals surface area contributed by atoms with Crippen molar-refractivity contribution in [2.24, 2.45) is 0 Å². The van der Waals surface area contributed by atoms with E-state index >= 15 is 0 Å². The Labute approximate surface area is 167 Å². The van der Waals surface area contributed by atoms with E-state index < -0.39 is 0 Å². The predicted molar refractivity (Wildman–Crippen MR) is 113 cm³/mol. The molecule has 1 aromatic heterocycles. The van der Waals surface area contributed by atoms with E-state index in [9.17, 15) is 9.59 Å². The Kier molecular flexibility index (Phi) is 5.07. The maximum absolute atomic E-state index is 12.9. The summed E-state index contributed by atoms with van der Waals surface area (Å²) in [5, 5.41) is 8.55. The van der Waals surface area contributed by atoms with Gasteiger partial charge in [-0.2, -0.15) is 5.10 Å². The van der Waals surface area contributed by atoms with Crippen LogP contribution < -0.4 is 15.6 Å². The van der Waals surface area contributed by atoms with Crippen molar-refractivity contribution in [1.82, 2.24) is 9.78 Å². The van der Waals surface area contributed by atoms with Gasteiger partial charge in [0.05, 0.1) is 18.2 Å². The van der Waals surface area contributed by atoms with E-state index in [0.29, 0.717) is 16.8 Å². The maximum Gasteiger partial charge on any atom is 0.275 e. The van der Waals surface area contributed by atoms with Gasteiger partial charge in [0.2, 0.25) is 5.91 Å². The summed E-state index contributed by atoms with van der Waals surface area (Å²) in [6.07, 6.45) is 0. The number of anilines is 1. The van der Waals surface area contributed by atoms with Gasteiger partial charge < -0.3 is 10.1 Å². The van der Waals surface area contributed by atoms with E-state index in [1.807, 2.05) is 54.6 Å². The van der Waals surface area contributed by atoms with Gasteiger partial charge in [-0.3, -0.25) is 9.59 Å². The molecule has 4 aromatic rings. The Hall–Kier alpha value is -3.93. The van der Waals surface area contributed by atoms with Gasteiger partial charge in [0.15, 0.2) is 0 Å². The van der Waals surface area contributed by atoms with Crippen LogP contribution in [0.2, 0.25) is 0 Å². The quantitative estimate of drug-likeness (QED) is 0.568. The minimum absolute atomic E-state index is 0.179. The van der Waals surface area contributed by atoms with Gasteiger partial charge in [0.1, 0.15) is 12.3 Å². The Morgan fingerprint density at radius 1 is 0.931 bits per heavy atom. The third-order valence-corrected chi connectivity index (χ3v) is 4.58. The number of aromatic nitrogens is 2. The molecule has 0 aliphatic heterocycles. The molecule has 4 rings (SSSR count). The zero-order valence-electron chi connectivity index (χ0n) is 15.8.